The van der Waals surface area contributed by atoms with E-state index in [1.165, 1.54) is 0 Å². The second-order valence-corrected chi connectivity index (χ2v) is 6.80. The van der Waals surface area contributed by atoms with Crippen LogP contribution in [-0.4, -0.2) is 29.2 Å². The molecule has 1 saturated heterocycles. The zero-order valence-corrected chi connectivity index (χ0v) is 14.8. The fourth-order valence-electron chi connectivity index (χ4n) is 3.40. The summed E-state index contributed by atoms with van der Waals surface area (Å²) in [4.78, 5) is 38.9. The third kappa shape index (κ3) is 2.87. The molecule has 3 aromatic rings. The van der Waals surface area contributed by atoms with Gasteiger partial charge in [0.15, 0.2) is 5.78 Å². The smallest absolute Gasteiger partial charge is 0.319 e. The first-order valence-electron chi connectivity index (χ1n) is 8.71. The number of imide groups is 1. The number of rotatable bonds is 4. The first-order valence-corrected chi connectivity index (χ1v) is 8.71. The van der Waals surface area contributed by atoms with Gasteiger partial charge in [0, 0.05) is 5.56 Å². The Morgan fingerprint density at radius 1 is 0.926 bits per heavy atom. The van der Waals surface area contributed by atoms with Gasteiger partial charge in [0.05, 0.1) is 6.54 Å². The number of nitrogens with zero attached hydrogens (tertiary/aromatic N) is 1. The number of fused-ring (bicyclic) bond motifs is 1. The van der Waals surface area contributed by atoms with E-state index in [1.54, 1.807) is 37.3 Å². The predicted octanol–water partition coefficient (Wildman–Crippen LogP) is 3.49. The monoisotopic (exact) mass is 358 g/mol. The molecule has 1 unspecified atom stereocenters. The van der Waals surface area contributed by atoms with Crippen LogP contribution in [0.25, 0.3) is 10.8 Å². The van der Waals surface area contributed by atoms with Gasteiger partial charge < -0.3 is 5.32 Å². The van der Waals surface area contributed by atoms with Crippen LogP contribution in [0, 0.1) is 0 Å². The quantitative estimate of drug-likeness (QED) is 0.573. The van der Waals surface area contributed by atoms with Gasteiger partial charge in [0.2, 0.25) is 0 Å². The Bertz CT molecular complexity index is 1060. The van der Waals surface area contributed by atoms with Crippen molar-refractivity contribution in [2.24, 2.45) is 0 Å². The highest BCUT2D eigenvalue weighted by atomic mass is 16.2. The molecular formula is C22H18N2O3. The zero-order chi connectivity index (χ0) is 19.0. The molecule has 134 valence electrons. The molecule has 3 aromatic carbocycles. The van der Waals surface area contributed by atoms with Crippen molar-refractivity contribution in [3.8, 4) is 0 Å². The van der Waals surface area contributed by atoms with Gasteiger partial charge in [-0.05, 0) is 29.3 Å². The minimum Gasteiger partial charge on any atom is -0.319 e. The Hall–Kier alpha value is -3.47. The first kappa shape index (κ1) is 17.0. The lowest BCUT2D eigenvalue weighted by molar-refractivity contribution is -0.130. The van der Waals surface area contributed by atoms with Crippen LogP contribution in [0.2, 0.25) is 0 Å². The van der Waals surface area contributed by atoms with E-state index in [0.717, 1.165) is 15.7 Å². The largest absolute Gasteiger partial charge is 0.325 e. The molecule has 0 saturated carbocycles. The van der Waals surface area contributed by atoms with Crippen molar-refractivity contribution in [2.45, 2.75) is 12.5 Å². The molecule has 1 aliphatic heterocycles. The summed E-state index contributed by atoms with van der Waals surface area (Å²) in [6.07, 6.45) is 0. The molecule has 4 rings (SSSR count). The number of carbonyl (C=O) groups excluding carboxylic acids is 3. The molecule has 1 fully saturated rings. The van der Waals surface area contributed by atoms with Gasteiger partial charge in [-0.15, -0.1) is 0 Å². The molecule has 1 atom stereocenters. The summed E-state index contributed by atoms with van der Waals surface area (Å²) in [7, 11) is 0. The summed E-state index contributed by atoms with van der Waals surface area (Å²) in [5, 5.41) is 4.79. The van der Waals surface area contributed by atoms with Crippen molar-refractivity contribution >= 4 is 28.5 Å². The summed E-state index contributed by atoms with van der Waals surface area (Å²) in [6, 6.07) is 21.6. The molecule has 5 nitrogen and oxygen atoms in total. The highest BCUT2D eigenvalue weighted by molar-refractivity contribution is 6.11. The number of benzene rings is 3. The minimum atomic E-state index is -1.20. The number of hydrogen-bond donors (Lipinski definition) is 1. The second kappa shape index (κ2) is 6.36. The van der Waals surface area contributed by atoms with E-state index in [-0.39, 0.29) is 12.3 Å². The molecule has 0 spiro atoms. The number of Topliss-reactive ketones (excluding diaryl/α,β-unsaturated/α-hetero) is 1. The third-order valence-electron chi connectivity index (χ3n) is 5.00. The number of amides is 3. The number of carbonyl (C=O) groups is 3. The Balaban J connectivity index is 1.63. The van der Waals surface area contributed by atoms with E-state index < -0.39 is 17.5 Å². The first-order chi connectivity index (χ1) is 13.0. The van der Waals surface area contributed by atoms with Crippen LogP contribution in [0.1, 0.15) is 22.8 Å². The van der Waals surface area contributed by atoms with Gasteiger partial charge in [-0.3, -0.25) is 14.5 Å². The van der Waals surface area contributed by atoms with Crippen LogP contribution in [0.5, 0.6) is 0 Å². The van der Waals surface area contributed by atoms with Gasteiger partial charge in [0.25, 0.3) is 5.91 Å². The SMILES string of the molecule is CC1(c2ccc3ccccc3c2)NC(=O)N(CC(=O)c2ccccc2)C1=O. The lowest BCUT2D eigenvalue weighted by Crippen LogP contribution is -2.41. The van der Waals surface area contributed by atoms with Gasteiger partial charge in [-0.25, -0.2) is 4.79 Å². The highest BCUT2D eigenvalue weighted by Gasteiger charge is 2.49. The molecule has 0 radical (unpaired) electrons. The molecule has 0 bridgehead atoms. The highest BCUT2D eigenvalue weighted by Crippen LogP contribution is 2.31. The Kier molecular flexibility index (Phi) is 4.00. The van der Waals surface area contributed by atoms with Crippen LogP contribution >= 0.6 is 0 Å². The summed E-state index contributed by atoms with van der Waals surface area (Å²) < 4.78 is 0. The van der Waals surface area contributed by atoms with Crippen LogP contribution < -0.4 is 5.32 Å². The molecule has 5 heteroatoms. The van der Waals surface area contributed by atoms with E-state index in [1.807, 2.05) is 42.5 Å². The second-order valence-electron chi connectivity index (χ2n) is 6.80. The maximum absolute atomic E-state index is 13.0. The summed E-state index contributed by atoms with van der Waals surface area (Å²) >= 11 is 0. The lowest BCUT2D eigenvalue weighted by atomic mass is 9.90. The lowest BCUT2D eigenvalue weighted by Gasteiger charge is -2.22. The molecule has 0 aliphatic carbocycles. The van der Waals surface area contributed by atoms with Crippen molar-refractivity contribution in [1.29, 1.82) is 0 Å². The van der Waals surface area contributed by atoms with Crippen LogP contribution in [-0.2, 0) is 10.3 Å². The fourth-order valence-corrected chi connectivity index (χ4v) is 3.40. The van der Waals surface area contributed by atoms with Gasteiger partial charge in [0.1, 0.15) is 5.54 Å². The number of urea groups is 1. The fraction of sp³-hybridized carbons (Fsp3) is 0.136. The van der Waals surface area contributed by atoms with Crippen molar-refractivity contribution in [1.82, 2.24) is 10.2 Å². The molecule has 27 heavy (non-hydrogen) atoms. The van der Waals surface area contributed by atoms with Crippen LogP contribution in [0.3, 0.4) is 0 Å². The average molecular weight is 358 g/mol. The Morgan fingerprint density at radius 2 is 1.59 bits per heavy atom. The normalized spacial score (nSPS) is 19.4. The van der Waals surface area contributed by atoms with Gasteiger partial charge in [-0.2, -0.15) is 0 Å². The van der Waals surface area contributed by atoms with E-state index in [0.29, 0.717) is 11.1 Å². The van der Waals surface area contributed by atoms with Crippen LogP contribution in [0.4, 0.5) is 4.79 Å². The molecule has 0 aromatic heterocycles. The van der Waals surface area contributed by atoms with E-state index in [9.17, 15) is 14.4 Å². The van der Waals surface area contributed by atoms with Crippen molar-refractivity contribution < 1.29 is 14.4 Å². The maximum Gasteiger partial charge on any atom is 0.325 e. The standard InChI is InChI=1S/C22H18N2O3/c1-22(18-12-11-15-7-5-6-10-17(15)13-18)20(26)24(21(27)23-22)14-19(25)16-8-3-2-4-9-16/h2-13H,14H2,1H3,(H,23,27). The summed E-state index contributed by atoms with van der Waals surface area (Å²) in [6.45, 7) is 1.39. The Morgan fingerprint density at radius 3 is 2.33 bits per heavy atom. The Labute approximate surface area is 156 Å². The van der Waals surface area contributed by atoms with E-state index in [4.69, 9.17) is 0 Å². The molecule has 1 heterocycles. The van der Waals surface area contributed by atoms with Crippen molar-refractivity contribution in [3.63, 3.8) is 0 Å². The topological polar surface area (TPSA) is 66.5 Å². The van der Waals surface area contributed by atoms with Crippen molar-refractivity contribution in [2.75, 3.05) is 6.54 Å². The van der Waals surface area contributed by atoms with Crippen molar-refractivity contribution in [3.05, 3.63) is 83.9 Å². The van der Waals surface area contributed by atoms with Gasteiger partial charge >= 0.3 is 6.03 Å². The number of ketones is 1. The van der Waals surface area contributed by atoms with E-state index >= 15 is 0 Å². The summed E-state index contributed by atoms with van der Waals surface area (Å²) in [5.41, 5.74) is -0.0374. The third-order valence-corrected chi connectivity index (χ3v) is 5.00. The molecule has 1 aliphatic rings. The molecule has 3 amide bonds. The summed E-state index contributed by atoms with van der Waals surface area (Å²) in [5.74, 6) is -0.700. The average Bonchev–Trinajstić information content (AvgIpc) is 2.92. The molecular weight excluding hydrogens is 340 g/mol. The van der Waals surface area contributed by atoms with Gasteiger partial charge in [-0.1, -0.05) is 66.7 Å². The number of nitrogens with one attached hydrogen (secondary N) is 1. The van der Waals surface area contributed by atoms with E-state index in [2.05, 4.69) is 5.32 Å². The predicted molar refractivity (Wildman–Crippen MR) is 102 cm³/mol. The zero-order valence-electron chi connectivity index (χ0n) is 14.8. The minimum absolute atomic E-state index is 0.276. The van der Waals surface area contributed by atoms with Crippen LogP contribution in [0.15, 0.2) is 72.8 Å². The maximum atomic E-state index is 13.0. The number of hydrogen-bond acceptors (Lipinski definition) is 3. The molecule has 1 N–H and O–H groups in total.